The molecule has 1 atom stereocenters. The molecule has 1 saturated heterocycles. The monoisotopic (exact) mass is 426 g/mol. The molecule has 0 radical (unpaired) electrons. The highest BCUT2D eigenvalue weighted by molar-refractivity contribution is 5.91. The summed E-state index contributed by atoms with van der Waals surface area (Å²) in [7, 11) is 3.11. The minimum absolute atomic E-state index is 0.0704. The van der Waals surface area contributed by atoms with Crippen molar-refractivity contribution in [2.75, 3.05) is 32.6 Å². The Bertz CT molecular complexity index is 1050. The van der Waals surface area contributed by atoms with Gasteiger partial charge in [0.05, 0.1) is 25.8 Å². The predicted octanol–water partition coefficient (Wildman–Crippen LogP) is 4.30. The van der Waals surface area contributed by atoms with Gasteiger partial charge in [0.1, 0.15) is 17.3 Å². The number of aromatic nitrogens is 2. The van der Waals surface area contributed by atoms with Crippen LogP contribution in [0.25, 0.3) is 11.4 Å². The molecular formula is C22H23FN4O4. The number of benzene rings is 2. The molecule has 2 amide bonds. The minimum Gasteiger partial charge on any atom is -0.497 e. The number of hydrogen-bond acceptors (Lipinski definition) is 6. The smallest absolute Gasteiger partial charge is 0.321 e. The lowest BCUT2D eigenvalue weighted by Gasteiger charge is -2.31. The van der Waals surface area contributed by atoms with Crippen LogP contribution in [-0.4, -0.2) is 48.4 Å². The number of ether oxygens (including phenoxy) is 2. The molecule has 0 spiro atoms. The number of piperidine rings is 1. The molecule has 8 nitrogen and oxygen atoms in total. The first-order valence-electron chi connectivity index (χ1n) is 9.95. The second kappa shape index (κ2) is 9.03. The number of carbonyl (C=O) groups is 1. The average Bonchev–Trinajstić information content (AvgIpc) is 3.30. The zero-order valence-electron chi connectivity index (χ0n) is 17.3. The summed E-state index contributed by atoms with van der Waals surface area (Å²) < 4.78 is 29.1. The molecule has 1 unspecified atom stereocenters. The summed E-state index contributed by atoms with van der Waals surface area (Å²) in [5, 5.41) is 6.91. The van der Waals surface area contributed by atoms with E-state index in [1.54, 1.807) is 42.3 Å². The lowest BCUT2D eigenvalue weighted by Crippen LogP contribution is -2.41. The van der Waals surface area contributed by atoms with Crippen LogP contribution in [0.4, 0.5) is 14.9 Å². The number of rotatable bonds is 5. The molecule has 4 rings (SSSR count). The number of halogens is 1. The highest BCUT2D eigenvalue weighted by atomic mass is 19.1. The van der Waals surface area contributed by atoms with E-state index in [0.29, 0.717) is 47.6 Å². The molecule has 1 aliphatic heterocycles. The molecule has 9 heteroatoms. The molecule has 0 saturated carbocycles. The van der Waals surface area contributed by atoms with Crippen LogP contribution in [0.5, 0.6) is 11.5 Å². The molecule has 162 valence electrons. The Morgan fingerprint density at radius 3 is 2.74 bits per heavy atom. The van der Waals surface area contributed by atoms with Crippen molar-refractivity contribution in [3.8, 4) is 22.9 Å². The summed E-state index contributed by atoms with van der Waals surface area (Å²) in [6.45, 7) is 1.08. The van der Waals surface area contributed by atoms with Gasteiger partial charge >= 0.3 is 6.03 Å². The van der Waals surface area contributed by atoms with Crippen LogP contribution in [0.3, 0.4) is 0 Å². The highest BCUT2D eigenvalue weighted by Crippen LogP contribution is 2.31. The fourth-order valence-corrected chi connectivity index (χ4v) is 3.58. The third-order valence-corrected chi connectivity index (χ3v) is 5.25. The van der Waals surface area contributed by atoms with Crippen molar-refractivity contribution in [1.82, 2.24) is 15.0 Å². The van der Waals surface area contributed by atoms with Gasteiger partial charge in [-0.25, -0.2) is 9.18 Å². The third-order valence-electron chi connectivity index (χ3n) is 5.25. The first-order chi connectivity index (χ1) is 15.1. The number of carbonyl (C=O) groups excluding carboxylic acids is 1. The number of likely N-dealkylation sites (tertiary alicyclic amines) is 1. The molecule has 1 N–H and O–H groups in total. The molecule has 1 aromatic heterocycles. The van der Waals surface area contributed by atoms with Crippen LogP contribution in [0.1, 0.15) is 24.7 Å². The van der Waals surface area contributed by atoms with Gasteiger partial charge in [-0.1, -0.05) is 5.16 Å². The van der Waals surface area contributed by atoms with Crippen molar-refractivity contribution >= 4 is 11.7 Å². The predicted molar refractivity (Wildman–Crippen MR) is 112 cm³/mol. The van der Waals surface area contributed by atoms with Gasteiger partial charge in [-0.2, -0.15) is 4.98 Å². The summed E-state index contributed by atoms with van der Waals surface area (Å²) in [6, 6.07) is 10.9. The van der Waals surface area contributed by atoms with Gasteiger partial charge < -0.3 is 24.2 Å². The maximum absolute atomic E-state index is 13.1. The third kappa shape index (κ3) is 4.60. The van der Waals surface area contributed by atoms with Crippen molar-refractivity contribution in [2.24, 2.45) is 0 Å². The van der Waals surface area contributed by atoms with E-state index in [0.717, 1.165) is 12.8 Å². The second-order valence-electron chi connectivity index (χ2n) is 7.24. The lowest BCUT2D eigenvalue weighted by molar-refractivity contribution is 0.184. The zero-order chi connectivity index (χ0) is 21.8. The minimum atomic E-state index is -0.324. The van der Waals surface area contributed by atoms with Crippen LogP contribution in [0.15, 0.2) is 47.0 Å². The molecule has 3 aromatic rings. The number of nitrogens with one attached hydrogen (secondary N) is 1. The Morgan fingerprint density at radius 1 is 1.19 bits per heavy atom. The van der Waals surface area contributed by atoms with E-state index in [1.165, 1.54) is 19.2 Å². The van der Waals surface area contributed by atoms with Crippen molar-refractivity contribution < 1.29 is 23.2 Å². The molecule has 31 heavy (non-hydrogen) atoms. The average molecular weight is 426 g/mol. The number of nitrogens with zero attached hydrogens (tertiary/aromatic N) is 3. The zero-order valence-corrected chi connectivity index (χ0v) is 17.3. The van der Waals surface area contributed by atoms with Crippen LogP contribution in [-0.2, 0) is 0 Å². The first kappa shape index (κ1) is 20.6. The van der Waals surface area contributed by atoms with Gasteiger partial charge in [-0.15, -0.1) is 0 Å². The first-order valence-corrected chi connectivity index (χ1v) is 9.95. The van der Waals surface area contributed by atoms with Crippen LogP contribution >= 0.6 is 0 Å². The summed E-state index contributed by atoms with van der Waals surface area (Å²) in [5.41, 5.74) is 1.24. The molecule has 1 aliphatic rings. The van der Waals surface area contributed by atoms with Gasteiger partial charge in [0.15, 0.2) is 0 Å². The van der Waals surface area contributed by atoms with Gasteiger partial charge in [0, 0.05) is 24.7 Å². The number of methoxy groups -OCH3 is 2. The maximum Gasteiger partial charge on any atom is 0.321 e. The summed E-state index contributed by atoms with van der Waals surface area (Å²) in [5.74, 6) is 1.63. The Labute approximate surface area is 179 Å². The van der Waals surface area contributed by atoms with Crippen LogP contribution in [0, 0.1) is 5.82 Å². The number of amides is 2. The largest absolute Gasteiger partial charge is 0.497 e. The van der Waals surface area contributed by atoms with E-state index in [2.05, 4.69) is 15.5 Å². The number of anilines is 1. The molecule has 2 heterocycles. The number of hydrogen-bond donors (Lipinski definition) is 1. The van der Waals surface area contributed by atoms with Crippen molar-refractivity contribution in [3.05, 3.63) is 54.2 Å². The molecule has 1 fully saturated rings. The van der Waals surface area contributed by atoms with Gasteiger partial charge in [0.25, 0.3) is 0 Å². The van der Waals surface area contributed by atoms with Crippen molar-refractivity contribution in [2.45, 2.75) is 18.8 Å². The molecule has 0 aliphatic carbocycles. The fourth-order valence-electron chi connectivity index (χ4n) is 3.58. The SMILES string of the molecule is COc1ccc(NC(=O)N2CCCC(c3nc(-c4ccc(F)cc4)no3)C2)c(OC)c1. The topological polar surface area (TPSA) is 89.7 Å². The normalized spacial score (nSPS) is 16.1. The van der Waals surface area contributed by atoms with E-state index >= 15 is 0 Å². The van der Waals surface area contributed by atoms with E-state index in [9.17, 15) is 9.18 Å². The molecule has 0 bridgehead atoms. The summed E-state index contributed by atoms with van der Waals surface area (Å²) in [6.07, 6.45) is 1.65. The molecule has 2 aromatic carbocycles. The summed E-state index contributed by atoms with van der Waals surface area (Å²) >= 11 is 0. The number of urea groups is 1. The summed E-state index contributed by atoms with van der Waals surface area (Å²) in [4.78, 5) is 19.0. The van der Waals surface area contributed by atoms with Gasteiger partial charge in [0.2, 0.25) is 11.7 Å². The lowest BCUT2D eigenvalue weighted by atomic mass is 9.98. The quantitative estimate of drug-likeness (QED) is 0.654. The van der Waals surface area contributed by atoms with E-state index in [4.69, 9.17) is 14.0 Å². The van der Waals surface area contributed by atoms with Crippen molar-refractivity contribution in [1.29, 1.82) is 0 Å². The standard InChI is InChI=1S/C22H23FN4O4/c1-29-17-9-10-18(19(12-17)30-2)24-22(28)27-11-3-4-15(13-27)21-25-20(26-31-21)14-5-7-16(23)8-6-14/h5-10,12,15H,3-4,11,13H2,1-2H3,(H,24,28). The highest BCUT2D eigenvalue weighted by Gasteiger charge is 2.29. The van der Waals surface area contributed by atoms with Crippen LogP contribution in [0.2, 0.25) is 0 Å². The van der Waals surface area contributed by atoms with E-state index in [-0.39, 0.29) is 17.8 Å². The van der Waals surface area contributed by atoms with Gasteiger partial charge in [-0.3, -0.25) is 0 Å². The second-order valence-corrected chi connectivity index (χ2v) is 7.24. The van der Waals surface area contributed by atoms with Crippen LogP contribution < -0.4 is 14.8 Å². The van der Waals surface area contributed by atoms with E-state index < -0.39 is 0 Å². The Morgan fingerprint density at radius 2 is 2.00 bits per heavy atom. The maximum atomic E-state index is 13.1. The van der Waals surface area contributed by atoms with Gasteiger partial charge in [-0.05, 0) is 49.2 Å². The van der Waals surface area contributed by atoms with Crippen molar-refractivity contribution in [3.63, 3.8) is 0 Å². The Balaban J connectivity index is 1.44. The van der Waals surface area contributed by atoms with E-state index in [1.807, 2.05) is 0 Å². The Kier molecular flexibility index (Phi) is 6.01. The fraction of sp³-hybridized carbons (Fsp3) is 0.318. The molecular weight excluding hydrogens is 403 g/mol. The Hall–Kier alpha value is -3.62.